The van der Waals surface area contributed by atoms with Crippen LogP contribution in [0.2, 0.25) is 0 Å². The van der Waals surface area contributed by atoms with Gasteiger partial charge in [0.2, 0.25) is 11.8 Å². The van der Waals surface area contributed by atoms with Gasteiger partial charge in [-0.25, -0.2) is 0 Å². The second kappa shape index (κ2) is 7.02. The Kier molecular flexibility index (Phi) is 5.28. The third-order valence-corrected chi connectivity index (χ3v) is 4.07. The maximum atomic E-state index is 12.7. The summed E-state index contributed by atoms with van der Waals surface area (Å²) in [5.74, 6) is -0.340. The van der Waals surface area contributed by atoms with Crippen LogP contribution in [0.25, 0.3) is 0 Å². The van der Waals surface area contributed by atoms with Gasteiger partial charge in [-0.3, -0.25) is 9.59 Å². The van der Waals surface area contributed by atoms with Crippen LogP contribution in [0, 0.1) is 5.92 Å². The molecule has 7 heteroatoms. The van der Waals surface area contributed by atoms with Crippen molar-refractivity contribution in [1.82, 2.24) is 10.2 Å². The fourth-order valence-electron chi connectivity index (χ4n) is 2.74. The molecule has 1 aliphatic rings. The summed E-state index contributed by atoms with van der Waals surface area (Å²) in [7, 11) is 1.58. The van der Waals surface area contributed by atoms with E-state index in [9.17, 15) is 22.8 Å². The molecule has 4 nitrogen and oxygen atoms in total. The fraction of sp³-hybridized carbons (Fsp3) is 0.500. The van der Waals surface area contributed by atoms with Gasteiger partial charge >= 0.3 is 6.18 Å². The molecule has 1 heterocycles. The SMILES string of the molecule is CNC(=O)C1CCN(C(=O)Cc2cccc(C(F)(F)F)c2)CC1. The predicted molar refractivity (Wildman–Crippen MR) is 78.5 cm³/mol. The van der Waals surface area contributed by atoms with Gasteiger partial charge in [-0.2, -0.15) is 13.2 Å². The van der Waals surface area contributed by atoms with Gasteiger partial charge in [0.15, 0.2) is 0 Å². The molecule has 2 amide bonds. The summed E-state index contributed by atoms with van der Waals surface area (Å²) in [5, 5.41) is 2.59. The fourth-order valence-corrected chi connectivity index (χ4v) is 2.74. The first-order valence-electron chi connectivity index (χ1n) is 7.46. The second-order valence-electron chi connectivity index (χ2n) is 5.64. The highest BCUT2D eigenvalue weighted by atomic mass is 19.4. The van der Waals surface area contributed by atoms with E-state index in [4.69, 9.17) is 0 Å². The molecule has 0 atom stereocenters. The Bertz CT molecular complexity index is 579. The van der Waals surface area contributed by atoms with E-state index in [0.29, 0.717) is 31.5 Å². The lowest BCUT2D eigenvalue weighted by Crippen LogP contribution is -2.42. The Hall–Kier alpha value is -2.05. The Balaban J connectivity index is 1.94. The Morgan fingerprint density at radius 1 is 1.26 bits per heavy atom. The van der Waals surface area contributed by atoms with Crippen molar-refractivity contribution in [2.24, 2.45) is 5.92 Å². The van der Waals surface area contributed by atoms with E-state index in [0.717, 1.165) is 12.1 Å². The molecule has 2 rings (SSSR count). The number of hydrogen-bond acceptors (Lipinski definition) is 2. The quantitative estimate of drug-likeness (QED) is 0.925. The van der Waals surface area contributed by atoms with Crippen molar-refractivity contribution in [3.8, 4) is 0 Å². The number of carbonyl (C=O) groups excluding carboxylic acids is 2. The summed E-state index contributed by atoms with van der Waals surface area (Å²) >= 11 is 0. The smallest absolute Gasteiger partial charge is 0.359 e. The van der Waals surface area contributed by atoms with Crippen LogP contribution in [0.5, 0.6) is 0 Å². The molecule has 0 bridgehead atoms. The van der Waals surface area contributed by atoms with Crippen LogP contribution < -0.4 is 5.32 Å². The van der Waals surface area contributed by atoms with Gasteiger partial charge in [0, 0.05) is 26.1 Å². The highest BCUT2D eigenvalue weighted by Crippen LogP contribution is 2.29. The van der Waals surface area contributed by atoms with Crippen LogP contribution in [0.3, 0.4) is 0 Å². The van der Waals surface area contributed by atoms with Gasteiger partial charge in [0.05, 0.1) is 12.0 Å². The molecular formula is C16H19F3N2O2. The first-order chi connectivity index (χ1) is 10.8. The van der Waals surface area contributed by atoms with Gasteiger partial charge < -0.3 is 10.2 Å². The van der Waals surface area contributed by atoms with Crippen molar-refractivity contribution >= 4 is 11.8 Å². The zero-order chi connectivity index (χ0) is 17.0. The number of nitrogens with zero attached hydrogens (tertiary/aromatic N) is 1. The van der Waals surface area contributed by atoms with Crippen LogP contribution in [-0.2, 0) is 22.2 Å². The number of halogens is 3. The topological polar surface area (TPSA) is 49.4 Å². The molecule has 1 aliphatic heterocycles. The van der Waals surface area contributed by atoms with Gasteiger partial charge in [-0.15, -0.1) is 0 Å². The highest BCUT2D eigenvalue weighted by Gasteiger charge is 2.31. The molecule has 1 aromatic rings. The minimum Gasteiger partial charge on any atom is -0.359 e. The monoisotopic (exact) mass is 328 g/mol. The van der Waals surface area contributed by atoms with Crippen molar-refractivity contribution in [3.63, 3.8) is 0 Å². The second-order valence-corrected chi connectivity index (χ2v) is 5.64. The van der Waals surface area contributed by atoms with Crippen molar-refractivity contribution in [1.29, 1.82) is 0 Å². The minimum atomic E-state index is -4.41. The summed E-state index contributed by atoms with van der Waals surface area (Å²) in [6, 6.07) is 4.83. The molecule has 23 heavy (non-hydrogen) atoms. The third kappa shape index (κ3) is 4.46. The van der Waals surface area contributed by atoms with Gasteiger partial charge in [-0.05, 0) is 24.5 Å². The average molecular weight is 328 g/mol. The maximum absolute atomic E-state index is 12.7. The zero-order valence-corrected chi connectivity index (χ0v) is 12.8. The zero-order valence-electron chi connectivity index (χ0n) is 12.8. The first kappa shape index (κ1) is 17.3. The number of piperidine rings is 1. The van der Waals surface area contributed by atoms with Crippen LogP contribution in [0.4, 0.5) is 13.2 Å². The summed E-state index contributed by atoms with van der Waals surface area (Å²) in [4.78, 5) is 25.4. The predicted octanol–water partition coefficient (Wildman–Crippen LogP) is 2.23. The number of rotatable bonds is 3. The van der Waals surface area contributed by atoms with Crippen molar-refractivity contribution < 1.29 is 22.8 Å². The number of hydrogen-bond donors (Lipinski definition) is 1. The molecule has 0 aromatic heterocycles. The van der Waals surface area contributed by atoms with Crippen molar-refractivity contribution in [2.45, 2.75) is 25.4 Å². The van der Waals surface area contributed by atoms with E-state index in [1.165, 1.54) is 12.1 Å². The number of nitrogens with one attached hydrogen (secondary N) is 1. The normalized spacial score (nSPS) is 16.3. The molecule has 1 N–H and O–H groups in total. The number of alkyl halides is 3. The Morgan fingerprint density at radius 3 is 2.48 bits per heavy atom. The average Bonchev–Trinajstić information content (AvgIpc) is 2.53. The molecule has 0 unspecified atom stereocenters. The van der Waals surface area contributed by atoms with E-state index in [2.05, 4.69) is 5.32 Å². The van der Waals surface area contributed by atoms with E-state index < -0.39 is 11.7 Å². The van der Waals surface area contributed by atoms with Gasteiger partial charge in [0.25, 0.3) is 0 Å². The number of amides is 2. The summed E-state index contributed by atoms with van der Waals surface area (Å²) in [6.45, 7) is 0.908. The highest BCUT2D eigenvalue weighted by molar-refractivity contribution is 5.81. The van der Waals surface area contributed by atoms with Crippen molar-refractivity contribution in [3.05, 3.63) is 35.4 Å². The molecule has 0 spiro atoms. The number of benzene rings is 1. The molecular weight excluding hydrogens is 309 g/mol. The van der Waals surface area contributed by atoms with E-state index in [-0.39, 0.29) is 24.2 Å². The summed E-state index contributed by atoms with van der Waals surface area (Å²) < 4.78 is 38.0. The summed E-state index contributed by atoms with van der Waals surface area (Å²) in [5.41, 5.74) is -0.403. The molecule has 126 valence electrons. The Labute approximate surface area is 132 Å². The molecule has 1 saturated heterocycles. The van der Waals surface area contributed by atoms with Crippen LogP contribution in [-0.4, -0.2) is 36.9 Å². The standard InChI is InChI=1S/C16H19F3N2O2/c1-20-15(23)12-5-7-21(8-6-12)14(22)10-11-3-2-4-13(9-11)16(17,18)19/h2-4,9,12H,5-8,10H2,1H3,(H,20,23). The van der Waals surface area contributed by atoms with Crippen LogP contribution >= 0.6 is 0 Å². The molecule has 0 aliphatic carbocycles. The van der Waals surface area contributed by atoms with Crippen LogP contribution in [0.15, 0.2) is 24.3 Å². The minimum absolute atomic E-state index is 0.0324. The largest absolute Gasteiger partial charge is 0.416 e. The lowest BCUT2D eigenvalue weighted by Gasteiger charge is -2.31. The Morgan fingerprint density at radius 2 is 1.91 bits per heavy atom. The summed E-state index contributed by atoms with van der Waals surface area (Å²) in [6.07, 6.45) is -3.32. The van der Waals surface area contributed by atoms with Gasteiger partial charge in [0.1, 0.15) is 0 Å². The first-order valence-corrected chi connectivity index (χ1v) is 7.46. The van der Waals surface area contributed by atoms with E-state index >= 15 is 0 Å². The van der Waals surface area contributed by atoms with Crippen LogP contribution in [0.1, 0.15) is 24.0 Å². The maximum Gasteiger partial charge on any atom is 0.416 e. The molecule has 0 saturated carbocycles. The molecule has 0 radical (unpaired) electrons. The van der Waals surface area contributed by atoms with E-state index in [1.807, 2.05) is 0 Å². The number of carbonyl (C=O) groups is 2. The van der Waals surface area contributed by atoms with E-state index in [1.54, 1.807) is 11.9 Å². The number of likely N-dealkylation sites (tertiary alicyclic amines) is 1. The lowest BCUT2D eigenvalue weighted by atomic mass is 9.95. The molecule has 1 aromatic carbocycles. The van der Waals surface area contributed by atoms with Crippen molar-refractivity contribution in [2.75, 3.05) is 20.1 Å². The molecule has 1 fully saturated rings. The third-order valence-electron chi connectivity index (χ3n) is 4.07. The lowest BCUT2D eigenvalue weighted by molar-refractivity contribution is -0.138. The van der Waals surface area contributed by atoms with Gasteiger partial charge in [-0.1, -0.05) is 18.2 Å².